The van der Waals surface area contributed by atoms with Gasteiger partial charge < -0.3 is 9.47 Å². The van der Waals surface area contributed by atoms with E-state index in [2.05, 4.69) is 15.9 Å². The van der Waals surface area contributed by atoms with Crippen LogP contribution in [0.1, 0.15) is 18.1 Å². The van der Waals surface area contributed by atoms with Crippen LogP contribution in [0.25, 0.3) is 6.08 Å². The quantitative estimate of drug-likeness (QED) is 0.511. The summed E-state index contributed by atoms with van der Waals surface area (Å²) in [7, 11) is 0. The summed E-state index contributed by atoms with van der Waals surface area (Å²) in [6.45, 7) is 2.72. The molecule has 0 heterocycles. The molecule has 0 aromatic heterocycles. The Kier molecular flexibility index (Phi) is 6.99. The molecule has 0 atom stereocenters. The van der Waals surface area contributed by atoms with Gasteiger partial charge >= 0.3 is 0 Å². The number of hydrogen-bond donors (Lipinski definition) is 0. The van der Waals surface area contributed by atoms with Gasteiger partial charge in [0.15, 0.2) is 11.5 Å². The molecular formula is C18H14BrCl2NO2. The van der Waals surface area contributed by atoms with Crippen LogP contribution >= 0.6 is 39.1 Å². The van der Waals surface area contributed by atoms with Crippen LogP contribution in [-0.4, -0.2) is 6.61 Å². The average Bonchev–Trinajstić information content (AvgIpc) is 2.55. The maximum Gasteiger partial charge on any atom is 0.175 e. The predicted molar refractivity (Wildman–Crippen MR) is 101 cm³/mol. The van der Waals surface area contributed by atoms with E-state index >= 15 is 0 Å². The van der Waals surface area contributed by atoms with E-state index in [1.807, 2.05) is 31.2 Å². The highest BCUT2D eigenvalue weighted by Gasteiger charge is 2.12. The number of allylic oxidation sites excluding steroid dienone is 1. The van der Waals surface area contributed by atoms with Crippen LogP contribution in [0.15, 0.2) is 40.9 Å². The molecule has 0 aliphatic rings. The molecule has 2 rings (SSSR count). The Balaban J connectivity index is 2.26. The third-order valence-electron chi connectivity index (χ3n) is 3.05. The van der Waals surface area contributed by atoms with Crippen molar-refractivity contribution in [1.29, 1.82) is 5.26 Å². The molecule has 0 bridgehead atoms. The second-order valence-electron chi connectivity index (χ2n) is 4.76. The summed E-state index contributed by atoms with van der Waals surface area (Å²) >= 11 is 15.4. The van der Waals surface area contributed by atoms with E-state index in [9.17, 15) is 0 Å². The first-order valence-corrected chi connectivity index (χ1v) is 8.69. The highest BCUT2D eigenvalue weighted by molar-refractivity contribution is 9.10. The van der Waals surface area contributed by atoms with Crippen molar-refractivity contribution in [1.82, 2.24) is 0 Å². The minimum absolute atomic E-state index is 0.322. The van der Waals surface area contributed by atoms with Crippen LogP contribution in [0, 0.1) is 11.3 Å². The van der Waals surface area contributed by atoms with Gasteiger partial charge in [-0.25, -0.2) is 0 Å². The van der Waals surface area contributed by atoms with Crippen molar-refractivity contribution >= 4 is 45.2 Å². The first-order valence-electron chi connectivity index (χ1n) is 7.14. The lowest BCUT2D eigenvalue weighted by Gasteiger charge is -2.15. The number of rotatable bonds is 6. The van der Waals surface area contributed by atoms with Gasteiger partial charge in [0.05, 0.1) is 27.2 Å². The smallest absolute Gasteiger partial charge is 0.175 e. The minimum Gasteiger partial charge on any atom is -0.490 e. The summed E-state index contributed by atoms with van der Waals surface area (Å²) in [6.07, 6.45) is 3.11. The average molecular weight is 427 g/mol. The van der Waals surface area contributed by atoms with Gasteiger partial charge in [-0.15, -0.1) is 0 Å². The third kappa shape index (κ3) is 4.91. The molecule has 0 saturated heterocycles. The van der Waals surface area contributed by atoms with E-state index in [-0.39, 0.29) is 0 Å². The molecule has 0 spiro atoms. The fraction of sp³-hybridized carbons (Fsp3) is 0.167. The van der Waals surface area contributed by atoms with E-state index in [1.165, 1.54) is 6.08 Å². The van der Waals surface area contributed by atoms with Crippen LogP contribution in [0.4, 0.5) is 0 Å². The number of benzene rings is 2. The molecule has 0 N–H and O–H groups in total. The molecule has 3 nitrogen and oxygen atoms in total. The van der Waals surface area contributed by atoms with Gasteiger partial charge in [-0.3, -0.25) is 0 Å². The van der Waals surface area contributed by atoms with E-state index in [4.69, 9.17) is 37.9 Å². The Morgan fingerprint density at radius 1 is 1.17 bits per heavy atom. The van der Waals surface area contributed by atoms with Crippen molar-refractivity contribution in [2.24, 2.45) is 0 Å². The summed E-state index contributed by atoms with van der Waals surface area (Å²) in [6, 6.07) is 11.0. The largest absolute Gasteiger partial charge is 0.490 e. The number of hydrogen-bond acceptors (Lipinski definition) is 3. The molecular weight excluding hydrogens is 413 g/mol. The Morgan fingerprint density at radius 2 is 1.96 bits per heavy atom. The van der Waals surface area contributed by atoms with Crippen LogP contribution in [-0.2, 0) is 6.61 Å². The van der Waals surface area contributed by atoms with Crippen molar-refractivity contribution in [3.63, 3.8) is 0 Å². The zero-order valence-electron chi connectivity index (χ0n) is 12.9. The lowest BCUT2D eigenvalue weighted by molar-refractivity contribution is 0.267. The molecule has 124 valence electrons. The van der Waals surface area contributed by atoms with Crippen molar-refractivity contribution in [2.45, 2.75) is 13.5 Å². The van der Waals surface area contributed by atoms with Crippen molar-refractivity contribution in [3.8, 4) is 17.6 Å². The Morgan fingerprint density at radius 3 is 2.62 bits per heavy atom. The fourth-order valence-electron chi connectivity index (χ4n) is 2.01. The molecule has 2 aromatic carbocycles. The molecule has 0 unspecified atom stereocenters. The Labute approximate surface area is 159 Å². The van der Waals surface area contributed by atoms with Gasteiger partial charge in [-0.05, 0) is 64.3 Å². The zero-order valence-corrected chi connectivity index (χ0v) is 16.0. The van der Waals surface area contributed by atoms with Gasteiger partial charge in [0.25, 0.3) is 0 Å². The normalized spacial score (nSPS) is 10.6. The minimum atomic E-state index is 0.322. The second kappa shape index (κ2) is 8.98. The van der Waals surface area contributed by atoms with Crippen molar-refractivity contribution in [2.75, 3.05) is 6.61 Å². The predicted octanol–water partition coefficient (Wildman–Crippen LogP) is 6.27. The van der Waals surface area contributed by atoms with E-state index in [0.717, 1.165) is 15.6 Å². The maximum atomic E-state index is 8.65. The van der Waals surface area contributed by atoms with Gasteiger partial charge in [0, 0.05) is 6.08 Å². The molecule has 0 aliphatic carbocycles. The summed E-state index contributed by atoms with van der Waals surface area (Å²) in [5, 5.41) is 9.64. The van der Waals surface area contributed by atoms with Crippen LogP contribution in [0.5, 0.6) is 11.5 Å². The van der Waals surface area contributed by atoms with E-state index in [0.29, 0.717) is 34.8 Å². The van der Waals surface area contributed by atoms with Crippen LogP contribution in [0.3, 0.4) is 0 Å². The summed E-state index contributed by atoms with van der Waals surface area (Å²) in [5.74, 6) is 1.20. The van der Waals surface area contributed by atoms with E-state index < -0.39 is 0 Å². The standard InChI is InChI=1S/C18H14BrCl2NO2/c1-2-23-17-10-12(4-3-7-22)8-14(19)18(17)24-11-13-5-6-15(20)16(21)9-13/h3-6,8-10H,2,11H2,1H3. The summed E-state index contributed by atoms with van der Waals surface area (Å²) in [4.78, 5) is 0. The molecule has 0 aliphatic heterocycles. The molecule has 24 heavy (non-hydrogen) atoms. The number of nitrogens with zero attached hydrogens (tertiary/aromatic N) is 1. The highest BCUT2D eigenvalue weighted by Crippen LogP contribution is 2.38. The first kappa shape index (κ1) is 18.7. The van der Waals surface area contributed by atoms with Gasteiger partial charge in [0.1, 0.15) is 6.61 Å². The lowest BCUT2D eigenvalue weighted by atomic mass is 10.2. The second-order valence-corrected chi connectivity index (χ2v) is 6.43. The van der Waals surface area contributed by atoms with Gasteiger partial charge in [-0.2, -0.15) is 5.26 Å². The molecule has 6 heteroatoms. The molecule has 0 saturated carbocycles. The summed E-state index contributed by atoms with van der Waals surface area (Å²) < 4.78 is 12.3. The van der Waals surface area contributed by atoms with Gasteiger partial charge in [-0.1, -0.05) is 29.3 Å². The molecule has 2 aromatic rings. The number of halogens is 3. The highest BCUT2D eigenvalue weighted by atomic mass is 79.9. The van der Waals surface area contributed by atoms with Gasteiger partial charge in [0.2, 0.25) is 0 Å². The Bertz CT molecular complexity index is 800. The number of nitriles is 1. The molecule has 0 amide bonds. The van der Waals surface area contributed by atoms with Crippen LogP contribution in [0.2, 0.25) is 10.0 Å². The number of ether oxygens (including phenoxy) is 2. The van der Waals surface area contributed by atoms with Crippen LogP contribution < -0.4 is 9.47 Å². The lowest BCUT2D eigenvalue weighted by Crippen LogP contribution is -2.01. The van der Waals surface area contributed by atoms with Crippen molar-refractivity contribution < 1.29 is 9.47 Å². The molecule has 0 radical (unpaired) electrons. The monoisotopic (exact) mass is 425 g/mol. The zero-order chi connectivity index (χ0) is 17.5. The Hall–Kier alpha value is -1.67. The fourth-order valence-corrected chi connectivity index (χ4v) is 2.90. The maximum absolute atomic E-state index is 8.65. The topological polar surface area (TPSA) is 42.2 Å². The van der Waals surface area contributed by atoms with Crippen molar-refractivity contribution in [3.05, 3.63) is 62.1 Å². The first-order chi connectivity index (χ1) is 11.5. The third-order valence-corrected chi connectivity index (χ3v) is 4.38. The van der Waals surface area contributed by atoms with E-state index in [1.54, 1.807) is 18.2 Å². The SMILES string of the molecule is CCOc1cc(C=CC#N)cc(Br)c1OCc1ccc(Cl)c(Cl)c1. The molecule has 0 fully saturated rings. The summed E-state index contributed by atoms with van der Waals surface area (Å²) in [5.41, 5.74) is 1.74.